The Kier molecular flexibility index (Phi) is 4.65. The van der Waals surface area contributed by atoms with Crippen molar-refractivity contribution in [2.24, 2.45) is 0 Å². The molecule has 0 fully saturated rings. The summed E-state index contributed by atoms with van der Waals surface area (Å²) in [6.45, 7) is 3.05. The van der Waals surface area contributed by atoms with E-state index in [0.29, 0.717) is 10.7 Å². The van der Waals surface area contributed by atoms with Gasteiger partial charge in [-0.2, -0.15) is 0 Å². The van der Waals surface area contributed by atoms with Crippen LogP contribution in [0.2, 0.25) is 5.02 Å². The quantitative estimate of drug-likeness (QED) is 0.777. The molecule has 0 heterocycles. The van der Waals surface area contributed by atoms with Crippen molar-refractivity contribution in [1.29, 1.82) is 0 Å². The normalized spacial score (nSPS) is 12.3. The van der Waals surface area contributed by atoms with Gasteiger partial charge in [-0.1, -0.05) is 52.5 Å². The lowest BCUT2D eigenvalue weighted by Crippen LogP contribution is -2.55. The molecule has 0 radical (unpaired) electrons. The first-order valence-electron chi connectivity index (χ1n) is 4.93. The molecule has 0 unspecified atom stereocenters. The third-order valence-corrected chi connectivity index (χ3v) is 4.13. The first kappa shape index (κ1) is 15.7. The van der Waals surface area contributed by atoms with E-state index in [1.54, 1.807) is 18.2 Å². The SMILES string of the molecule is CC(C)(N(C(=O)O)c1cccc(Cl)c1)C(Cl)(Cl)Cl. The number of halogens is 4. The standard InChI is InChI=1S/C11H11Cl4NO2/c1-10(2,11(13,14)15)16(9(17)18)8-5-3-4-7(12)6-8/h3-6H,1-2H3,(H,17,18). The molecular formula is C11H11Cl4NO2. The van der Waals surface area contributed by atoms with Crippen LogP contribution >= 0.6 is 46.4 Å². The highest BCUT2D eigenvalue weighted by molar-refractivity contribution is 6.68. The molecule has 0 aliphatic rings. The van der Waals surface area contributed by atoms with Crippen LogP contribution in [0.1, 0.15) is 13.8 Å². The zero-order chi connectivity index (χ0) is 14.1. The molecule has 0 aromatic heterocycles. The van der Waals surface area contributed by atoms with Gasteiger partial charge in [-0.3, -0.25) is 4.90 Å². The average molecular weight is 331 g/mol. The topological polar surface area (TPSA) is 40.5 Å². The van der Waals surface area contributed by atoms with Crippen LogP contribution in [0.5, 0.6) is 0 Å². The largest absolute Gasteiger partial charge is 0.465 e. The molecule has 3 nitrogen and oxygen atoms in total. The summed E-state index contributed by atoms with van der Waals surface area (Å²) < 4.78 is -1.78. The van der Waals surface area contributed by atoms with Crippen LogP contribution < -0.4 is 4.90 Å². The lowest BCUT2D eigenvalue weighted by molar-refractivity contribution is 0.194. The summed E-state index contributed by atoms with van der Waals surface area (Å²) in [6, 6.07) is 6.33. The Morgan fingerprint density at radius 3 is 2.22 bits per heavy atom. The van der Waals surface area contributed by atoms with E-state index in [0.717, 1.165) is 4.90 Å². The van der Waals surface area contributed by atoms with Gasteiger partial charge >= 0.3 is 6.09 Å². The first-order valence-corrected chi connectivity index (χ1v) is 6.44. The molecular weight excluding hydrogens is 320 g/mol. The molecule has 1 aromatic rings. The number of rotatable bonds is 2. The number of hydrogen-bond donors (Lipinski definition) is 1. The fourth-order valence-electron chi connectivity index (χ4n) is 1.41. The molecule has 18 heavy (non-hydrogen) atoms. The third-order valence-electron chi connectivity index (χ3n) is 2.51. The Labute approximate surface area is 125 Å². The van der Waals surface area contributed by atoms with Crippen LogP contribution in [0.4, 0.5) is 10.5 Å². The number of hydrogen-bond acceptors (Lipinski definition) is 1. The Hall–Kier alpha value is -0.350. The van der Waals surface area contributed by atoms with Crippen molar-refractivity contribution in [2.75, 3.05) is 4.90 Å². The van der Waals surface area contributed by atoms with Crippen molar-refractivity contribution in [3.05, 3.63) is 29.3 Å². The molecule has 100 valence electrons. The van der Waals surface area contributed by atoms with Crippen LogP contribution in [0.15, 0.2) is 24.3 Å². The summed E-state index contributed by atoms with van der Waals surface area (Å²) in [5.41, 5.74) is -0.917. The smallest absolute Gasteiger partial charge is 0.412 e. The third kappa shape index (κ3) is 3.15. The van der Waals surface area contributed by atoms with Crippen molar-refractivity contribution in [3.8, 4) is 0 Å². The highest BCUT2D eigenvalue weighted by atomic mass is 35.6. The molecule has 0 aliphatic heterocycles. The summed E-state index contributed by atoms with van der Waals surface area (Å²) in [6.07, 6.45) is -1.23. The molecule has 1 rings (SSSR count). The Balaban J connectivity index is 3.32. The Morgan fingerprint density at radius 1 is 1.28 bits per heavy atom. The summed E-state index contributed by atoms with van der Waals surface area (Å²) in [5, 5.41) is 9.73. The van der Waals surface area contributed by atoms with E-state index in [-0.39, 0.29) is 0 Å². The molecule has 0 atom stereocenters. The van der Waals surface area contributed by atoms with Gasteiger partial charge in [0.05, 0.1) is 5.54 Å². The predicted molar refractivity (Wildman–Crippen MR) is 76.3 cm³/mol. The number of alkyl halides is 3. The number of benzene rings is 1. The average Bonchev–Trinajstić information content (AvgIpc) is 2.14. The van der Waals surface area contributed by atoms with Gasteiger partial charge in [0.25, 0.3) is 0 Å². The first-order chi connectivity index (χ1) is 8.07. The highest BCUT2D eigenvalue weighted by Crippen LogP contribution is 2.43. The second-order valence-corrected chi connectivity index (χ2v) is 6.87. The predicted octanol–water partition coefficient (Wildman–Crippen LogP) is 4.97. The molecule has 0 aliphatic carbocycles. The van der Waals surface area contributed by atoms with Gasteiger partial charge < -0.3 is 5.11 Å². The number of carboxylic acid groups (broad SMARTS) is 1. The van der Waals surface area contributed by atoms with Crippen molar-refractivity contribution >= 4 is 58.2 Å². The fourth-order valence-corrected chi connectivity index (χ4v) is 1.85. The molecule has 0 saturated heterocycles. The maximum atomic E-state index is 11.4. The van der Waals surface area contributed by atoms with Crippen LogP contribution in [-0.4, -0.2) is 20.5 Å². The molecule has 0 spiro atoms. The molecule has 1 N–H and O–H groups in total. The zero-order valence-electron chi connectivity index (χ0n) is 9.62. The fraction of sp³-hybridized carbons (Fsp3) is 0.364. The number of amides is 1. The second-order valence-electron chi connectivity index (χ2n) is 4.15. The van der Waals surface area contributed by atoms with Gasteiger partial charge in [0.1, 0.15) is 0 Å². The summed E-state index contributed by atoms with van der Waals surface area (Å²) in [5.74, 6) is 0. The molecule has 7 heteroatoms. The maximum Gasteiger partial charge on any atom is 0.412 e. The van der Waals surface area contributed by atoms with Crippen molar-refractivity contribution < 1.29 is 9.90 Å². The monoisotopic (exact) mass is 329 g/mol. The molecule has 0 saturated carbocycles. The highest BCUT2D eigenvalue weighted by Gasteiger charge is 2.48. The number of anilines is 1. The minimum absolute atomic E-state index is 0.339. The summed E-state index contributed by atoms with van der Waals surface area (Å²) in [4.78, 5) is 12.4. The van der Waals surface area contributed by atoms with E-state index in [1.165, 1.54) is 19.9 Å². The van der Waals surface area contributed by atoms with Crippen LogP contribution in [0, 0.1) is 0 Å². The Morgan fingerprint density at radius 2 is 1.83 bits per heavy atom. The van der Waals surface area contributed by atoms with Crippen LogP contribution in [-0.2, 0) is 0 Å². The summed E-state index contributed by atoms with van der Waals surface area (Å²) in [7, 11) is 0. The molecule has 0 bridgehead atoms. The second kappa shape index (κ2) is 5.33. The van der Waals surface area contributed by atoms with Gasteiger partial charge in [0.2, 0.25) is 3.79 Å². The van der Waals surface area contributed by atoms with E-state index < -0.39 is 15.4 Å². The minimum Gasteiger partial charge on any atom is -0.465 e. The molecule has 1 aromatic carbocycles. The number of nitrogens with zero attached hydrogens (tertiary/aromatic N) is 1. The van der Waals surface area contributed by atoms with E-state index in [1.807, 2.05) is 0 Å². The zero-order valence-corrected chi connectivity index (χ0v) is 12.6. The van der Waals surface area contributed by atoms with Crippen molar-refractivity contribution in [2.45, 2.75) is 23.2 Å². The van der Waals surface area contributed by atoms with Crippen molar-refractivity contribution in [1.82, 2.24) is 0 Å². The van der Waals surface area contributed by atoms with Gasteiger partial charge in [0, 0.05) is 10.7 Å². The maximum absolute atomic E-state index is 11.4. The van der Waals surface area contributed by atoms with E-state index >= 15 is 0 Å². The van der Waals surface area contributed by atoms with E-state index in [9.17, 15) is 9.90 Å². The van der Waals surface area contributed by atoms with Crippen molar-refractivity contribution in [3.63, 3.8) is 0 Å². The van der Waals surface area contributed by atoms with Gasteiger partial charge in [0.15, 0.2) is 0 Å². The number of carbonyl (C=O) groups is 1. The van der Waals surface area contributed by atoms with E-state index in [2.05, 4.69) is 0 Å². The summed E-state index contributed by atoms with van der Waals surface area (Å²) >= 11 is 23.4. The minimum atomic E-state index is -1.78. The van der Waals surface area contributed by atoms with Crippen LogP contribution in [0.25, 0.3) is 0 Å². The lowest BCUT2D eigenvalue weighted by Gasteiger charge is -2.41. The lowest BCUT2D eigenvalue weighted by atomic mass is 10.0. The Bertz CT molecular complexity index is 457. The van der Waals surface area contributed by atoms with Crippen LogP contribution in [0.3, 0.4) is 0 Å². The van der Waals surface area contributed by atoms with Gasteiger partial charge in [-0.15, -0.1) is 0 Å². The van der Waals surface area contributed by atoms with Gasteiger partial charge in [-0.05, 0) is 32.0 Å². The van der Waals surface area contributed by atoms with E-state index in [4.69, 9.17) is 46.4 Å². The van der Waals surface area contributed by atoms with Gasteiger partial charge in [-0.25, -0.2) is 4.79 Å². The molecule has 1 amide bonds.